The Hall–Kier alpha value is -2.26. The molecule has 0 spiro atoms. The lowest BCUT2D eigenvalue weighted by molar-refractivity contribution is 0.0603. The van der Waals surface area contributed by atoms with E-state index in [9.17, 15) is 4.79 Å². The molecule has 0 unspecified atom stereocenters. The summed E-state index contributed by atoms with van der Waals surface area (Å²) in [5.41, 5.74) is 2.75. The lowest BCUT2D eigenvalue weighted by Crippen LogP contribution is -2.02. The monoisotopic (exact) mass is 299 g/mol. The molecule has 0 aliphatic carbocycles. The second kappa shape index (κ2) is 5.62. The summed E-state index contributed by atoms with van der Waals surface area (Å²) in [5.74, 6) is -0.315. The molecule has 0 saturated carbocycles. The molecule has 106 valence electrons. The number of halogens is 1. The van der Waals surface area contributed by atoms with Crippen LogP contribution in [0.3, 0.4) is 0 Å². The zero-order valence-electron chi connectivity index (χ0n) is 11.5. The van der Waals surface area contributed by atoms with E-state index in [1.54, 1.807) is 6.07 Å². The highest BCUT2D eigenvalue weighted by Crippen LogP contribution is 2.22. The van der Waals surface area contributed by atoms with Gasteiger partial charge in [0, 0.05) is 28.7 Å². The number of benzene rings is 2. The lowest BCUT2D eigenvalue weighted by Gasteiger charge is -2.07. The highest BCUT2D eigenvalue weighted by molar-refractivity contribution is 6.30. The Bertz CT molecular complexity index is 790. The van der Waals surface area contributed by atoms with Crippen molar-refractivity contribution in [2.24, 2.45) is 0 Å². The van der Waals surface area contributed by atoms with E-state index in [4.69, 9.17) is 16.3 Å². The minimum Gasteiger partial charge on any atom is -0.465 e. The average Bonchev–Trinajstić information content (AvgIpc) is 2.92. The first kappa shape index (κ1) is 13.7. The van der Waals surface area contributed by atoms with Gasteiger partial charge in [-0.15, -0.1) is 0 Å². The predicted octanol–water partition coefficient (Wildman–Crippen LogP) is 4.13. The molecule has 0 bridgehead atoms. The van der Waals surface area contributed by atoms with E-state index in [-0.39, 0.29) is 5.97 Å². The number of esters is 1. The Labute approximate surface area is 127 Å². The van der Waals surface area contributed by atoms with Gasteiger partial charge in [-0.1, -0.05) is 29.8 Å². The van der Waals surface area contributed by atoms with Crippen molar-refractivity contribution in [2.45, 2.75) is 6.54 Å². The lowest BCUT2D eigenvalue weighted by atomic mass is 10.1. The number of hydrogen-bond acceptors (Lipinski definition) is 2. The molecule has 0 atom stereocenters. The third-order valence-corrected chi connectivity index (χ3v) is 3.74. The van der Waals surface area contributed by atoms with Crippen LogP contribution >= 0.6 is 11.6 Å². The normalized spacial score (nSPS) is 10.8. The van der Waals surface area contributed by atoms with Gasteiger partial charge in [0.1, 0.15) is 0 Å². The van der Waals surface area contributed by atoms with Crippen molar-refractivity contribution < 1.29 is 9.53 Å². The van der Waals surface area contributed by atoms with Gasteiger partial charge in [-0.3, -0.25) is 0 Å². The molecule has 0 saturated heterocycles. The molecule has 3 rings (SSSR count). The molecule has 0 radical (unpaired) electrons. The van der Waals surface area contributed by atoms with Gasteiger partial charge in [0.2, 0.25) is 0 Å². The van der Waals surface area contributed by atoms with Crippen molar-refractivity contribution in [3.8, 4) is 0 Å². The Kier molecular flexibility index (Phi) is 3.67. The van der Waals surface area contributed by atoms with Crippen LogP contribution < -0.4 is 0 Å². The molecule has 1 aromatic heterocycles. The van der Waals surface area contributed by atoms with Gasteiger partial charge < -0.3 is 9.30 Å². The topological polar surface area (TPSA) is 31.2 Å². The molecule has 3 nitrogen and oxygen atoms in total. The molecule has 1 heterocycles. The molecule has 0 aliphatic rings. The Morgan fingerprint density at radius 2 is 1.90 bits per heavy atom. The number of hydrogen-bond donors (Lipinski definition) is 0. The van der Waals surface area contributed by atoms with Crippen LogP contribution in [0.4, 0.5) is 0 Å². The van der Waals surface area contributed by atoms with Crippen molar-refractivity contribution in [2.75, 3.05) is 7.11 Å². The van der Waals surface area contributed by atoms with E-state index in [1.165, 1.54) is 7.11 Å². The smallest absolute Gasteiger partial charge is 0.338 e. The maximum absolute atomic E-state index is 11.8. The summed E-state index contributed by atoms with van der Waals surface area (Å²) >= 11 is 5.90. The molecule has 0 fully saturated rings. The molecule has 21 heavy (non-hydrogen) atoms. The number of nitrogens with zero attached hydrogens (tertiary/aromatic N) is 1. The molecule has 2 aromatic carbocycles. The van der Waals surface area contributed by atoms with Crippen LogP contribution in [0.2, 0.25) is 5.02 Å². The fourth-order valence-electron chi connectivity index (χ4n) is 2.44. The molecule has 0 aliphatic heterocycles. The second-order valence-corrected chi connectivity index (χ2v) is 5.24. The fourth-order valence-corrected chi connectivity index (χ4v) is 2.56. The summed E-state index contributed by atoms with van der Waals surface area (Å²) in [6.07, 6.45) is 1.98. The summed E-state index contributed by atoms with van der Waals surface area (Å²) in [4.78, 5) is 11.8. The number of fused-ring (bicyclic) bond motifs is 1. The molecular formula is C17H14ClNO2. The molecule has 0 amide bonds. The minimum atomic E-state index is -0.315. The fraction of sp³-hybridized carbons (Fsp3) is 0.118. The van der Waals surface area contributed by atoms with Crippen molar-refractivity contribution in [1.29, 1.82) is 0 Å². The summed E-state index contributed by atoms with van der Waals surface area (Å²) in [6.45, 7) is 0.727. The number of aromatic nitrogens is 1. The maximum Gasteiger partial charge on any atom is 0.338 e. The van der Waals surface area contributed by atoms with Gasteiger partial charge in [-0.2, -0.15) is 0 Å². The Morgan fingerprint density at radius 1 is 1.14 bits per heavy atom. The van der Waals surface area contributed by atoms with E-state index in [2.05, 4.69) is 4.57 Å². The number of carbonyl (C=O) groups is 1. The van der Waals surface area contributed by atoms with Crippen molar-refractivity contribution in [3.63, 3.8) is 0 Å². The number of ether oxygens (including phenoxy) is 1. The second-order valence-electron chi connectivity index (χ2n) is 4.80. The van der Waals surface area contributed by atoms with Crippen molar-refractivity contribution in [1.82, 2.24) is 4.57 Å². The van der Waals surface area contributed by atoms with E-state index in [0.29, 0.717) is 5.56 Å². The van der Waals surface area contributed by atoms with Gasteiger partial charge in [0.05, 0.1) is 12.7 Å². The van der Waals surface area contributed by atoms with E-state index < -0.39 is 0 Å². The number of carbonyl (C=O) groups excluding carboxylic acids is 1. The third-order valence-electron chi connectivity index (χ3n) is 3.49. The van der Waals surface area contributed by atoms with Crippen molar-refractivity contribution >= 4 is 28.5 Å². The first-order chi connectivity index (χ1) is 10.2. The molecule has 3 aromatic rings. The first-order valence-corrected chi connectivity index (χ1v) is 6.97. The first-order valence-electron chi connectivity index (χ1n) is 6.59. The standard InChI is InChI=1S/C17H14ClNO2/c1-21-17(20)15-3-2-4-16-14(15)9-10-19(16)11-12-5-7-13(18)8-6-12/h2-10H,11H2,1H3. The highest BCUT2D eigenvalue weighted by Gasteiger charge is 2.12. The summed E-state index contributed by atoms with van der Waals surface area (Å²) in [5, 5.41) is 1.63. The van der Waals surface area contributed by atoms with Crippen LogP contribution in [0.15, 0.2) is 54.7 Å². The number of rotatable bonds is 3. The largest absolute Gasteiger partial charge is 0.465 e. The number of methoxy groups -OCH3 is 1. The molecule has 0 N–H and O–H groups in total. The van der Waals surface area contributed by atoms with Gasteiger partial charge in [-0.05, 0) is 35.9 Å². The summed E-state index contributed by atoms with van der Waals surface area (Å²) < 4.78 is 6.92. The summed E-state index contributed by atoms with van der Waals surface area (Å²) in [7, 11) is 1.39. The van der Waals surface area contributed by atoms with Crippen LogP contribution in [-0.4, -0.2) is 17.6 Å². The van der Waals surface area contributed by atoms with E-state index >= 15 is 0 Å². The zero-order valence-corrected chi connectivity index (χ0v) is 12.3. The van der Waals surface area contributed by atoms with Crippen LogP contribution in [0, 0.1) is 0 Å². The molecular weight excluding hydrogens is 286 g/mol. The Morgan fingerprint density at radius 3 is 2.62 bits per heavy atom. The van der Waals surface area contributed by atoms with E-state index in [0.717, 1.165) is 28.0 Å². The molecule has 4 heteroatoms. The quantitative estimate of drug-likeness (QED) is 0.681. The van der Waals surface area contributed by atoms with Gasteiger partial charge in [-0.25, -0.2) is 4.79 Å². The zero-order chi connectivity index (χ0) is 14.8. The maximum atomic E-state index is 11.8. The predicted molar refractivity (Wildman–Crippen MR) is 83.8 cm³/mol. The summed E-state index contributed by atoms with van der Waals surface area (Å²) in [6, 6.07) is 15.3. The highest BCUT2D eigenvalue weighted by atomic mass is 35.5. The Balaban J connectivity index is 2.01. The SMILES string of the molecule is COC(=O)c1cccc2c1ccn2Cc1ccc(Cl)cc1. The van der Waals surface area contributed by atoms with Crippen LogP contribution in [0.5, 0.6) is 0 Å². The van der Waals surface area contributed by atoms with Crippen LogP contribution in [0.1, 0.15) is 15.9 Å². The minimum absolute atomic E-state index is 0.315. The van der Waals surface area contributed by atoms with Gasteiger partial charge >= 0.3 is 5.97 Å². The van der Waals surface area contributed by atoms with Gasteiger partial charge in [0.25, 0.3) is 0 Å². The average molecular weight is 300 g/mol. The van der Waals surface area contributed by atoms with E-state index in [1.807, 2.05) is 48.7 Å². The van der Waals surface area contributed by atoms with Crippen LogP contribution in [-0.2, 0) is 11.3 Å². The van der Waals surface area contributed by atoms with Crippen LogP contribution in [0.25, 0.3) is 10.9 Å². The third kappa shape index (κ3) is 2.65. The van der Waals surface area contributed by atoms with Crippen molar-refractivity contribution in [3.05, 3.63) is 70.9 Å². The van der Waals surface area contributed by atoms with Gasteiger partial charge in [0.15, 0.2) is 0 Å².